The van der Waals surface area contributed by atoms with Crippen molar-refractivity contribution >= 4 is 94.7 Å². The molecular formula is C59H97N13O21. The molecule has 1 saturated heterocycles. The quantitative estimate of drug-likeness (QED) is 0.0203. The number of likely N-dealkylation sites (tertiary alicyclic amines) is 1. The van der Waals surface area contributed by atoms with Gasteiger partial charge in [0.25, 0.3) is 0 Å². The molecule has 0 aromatic heterocycles. The number of nitrogens with two attached hydrogens (primary N) is 2. The molecule has 0 spiro atoms. The molecule has 93 heavy (non-hydrogen) atoms. The van der Waals surface area contributed by atoms with Gasteiger partial charge in [-0.25, -0.2) is 9.59 Å². The standard InChI is InChI=1S/C59H97N13O21/c1-28(2)23-37(52(84)68-40(59(91)92)25-30(5)6)67-57(89)48(32(9)74)71-54(86)38(24-29(3)4)66-55(87)42-16-14-22-72(42)58(90)41(27-73)69-56(88)47(31(7)8)70-51(83)35(18-20-43(60)76)64-50(82)36(19-21-45(78)79)65-49(81)34(15-12-13-17-46(80)93-11)63-53(85)39(26-44(61)77)62-33(10)75/h13,17,28-32,34-42,47-48,73-74H,12,14-16,18-27H2,1-11H3,(H2,60,76)(H2,61,77)(H,62,75)(H,63,85)(H,64,82)(H,65,81)(H,66,87)(H,67,89)(H,68,84)(H,69,88)(H,70,83)(H,71,86)(H,78,79)(H,91,92)/b17-13+/t32?,34-,35-,36-,37-,38-,39-,40-,41-,42-,47-,48-/m0/s1. The third-order valence-electron chi connectivity index (χ3n) is 14.3. The van der Waals surface area contributed by atoms with E-state index in [-0.39, 0.29) is 69.2 Å². The predicted octanol–water partition coefficient (Wildman–Crippen LogP) is -4.39. The first-order valence-corrected chi connectivity index (χ1v) is 30.7. The zero-order chi connectivity index (χ0) is 71.1. The van der Waals surface area contributed by atoms with Gasteiger partial charge in [-0.2, -0.15) is 0 Å². The Morgan fingerprint density at radius 3 is 1.42 bits per heavy atom. The molecular weight excluding hydrogens is 1230 g/mol. The Kier molecular flexibility index (Phi) is 36.2. The van der Waals surface area contributed by atoms with Crippen molar-refractivity contribution in [3.05, 3.63) is 12.2 Å². The second-order valence-electron chi connectivity index (χ2n) is 24.3. The number of primary amides is 2. The molecule has 0 aromatic carbocycles. The second-order valence-corrected chi connectivity index (χ2v) is 24.3. The number of rotatable bonds is 42. The average Bonchev–Trinajstić information content (AvgIpc) is 1.80. The molecule has 1 heterocycles. The van der Waals surface area contributed by atoms with E-state index in [1.807, 2.05) is 0 Å². The molecule has 12 atom stereocenters. The Hall–Kier alpha value is -8.82. The summed E-state index contributed by atoms with van der Waals surface area (Å²) in [4.78, 5) is 211. The van der Waals surface area contributed by atoms with E-state index in [1.54, 1.807) is 41.5 Å². The third-order valence-corrected chi connectivity index (χ3v) is 14.3. The smallest absolute Gasteiger partial charge is 0.330 e. The molecule has 0 aliphatic carbocycles. The third kappa shape index (κ3) is 30.4. The van der Waals surface area contributed by atoms with Crippen LogP contribution in [0.15, 0.2) is 12.2 Å². The summed E-state index contributed by atoms with van der Waals surface area (Å²) in [6.07, 6.45) is -2.59. The van der Waals surface area contributed by atoms with Gasteiger partial charge < -0.3 is 94.7 Å². The number of methoxy groups -OCH3 is 1. The van der Waals surface area contributed by atoms with Crippen molar-refractivity contribution in [2.24, 2.45) is 35.1 Å². The molecule has 0 radical (unpaired) electrons. The molecule has 0 aromatic rings. The zero-order valence-electron chi connectivity index (χ0n) is 54.6. The van der Waals surface area contributed by atoms with Crippen molar-refractivity contribution in [3.8, 4) is 0 Å². The summed E-state index contributed by atoms with van der Waals surface area (Å²) in [7, 11) is 1.10. The van der Waals surface area contributed by atoms with Gasteiger partial charge in [0.05, 0.1) is 26.2 Å². The summed E-state index contributed by atoms with van der Waals surface area (Å²) >= 11 is 0. The molecule has 0 bridgehead atoms. The number of nitrogens with zero attached hydrogens (tertiary/aromatic N) is 1. The largest absolute Gasteiger partial charge is 0.481 e. The highest BCUT2D eigenvalue weighted by atomic mass is 16.5. The number of nitrogens with one attached hydrogen (secondary N) is 10. The fourth-order valence-electron chi connectivity index (χ4n) is 9.64. The van der Waals surface area contributed by atoms with E-state index in [4.69, 9.17) is 11.5 Å². The van der Waals surface area contributed by atoms with Crippen LogP contribution in [0.3, 0.4) is 0 Å². The SMILES string of the molecule is COC(=O)/C=C/CC[C@H](NC(=O)[C@H](CC(N)=O)NC(C)=O)C(=O)N[C@@H](CCC(=O)O)C(=O)N[C@@H](CCC(N)=O)C(=O)N[C@H](C(=O)N[C@@H](CO)C(=O)N1CCC[C@H]1C(=O)N[C@@H](CC(C)C)C(=O)N[C@H](C(=O)N[C@@H](CC(C)C)C(=O)N[C@@H](CC(C)C)C(=O)O)C(C)O)C(C)C. The molecule has 13 amide bonds. The normalized spacial score (nSPS) is 16.5. The summed E-state index contributed by atoms with van der Waals surface area (Å²) in [5.41, 5.74) is 10.7. The number of aliphatic hydroxyl groups excluding tert-OH is 2. The van der Waals surface area contributed by atoms with Gasteiger partial charge >= 0.3 is 17.9 Å². The Morgan fingerprint density at radius 2 is 0.957 bits per heavy atom. The van der Waals surface area contributed by atoms with Gasteiger partial charge in [0.15, 0.2) is 0 Å². The van der Waals surface area contributed by atoms with Crippen LogP contribution in [0.2, 0.25) is 0 Å². The van der Waals surface area contributed by atoms with E-state index in [1.165, 1.54) is 26.8 Å². The van der Waals surface area contributed by atoms with Gasteiger partial charge in [-0.1, -0.05) is 61.5 Å². The lowest BCUT2D eigenvalue weighted by atomic mass is 9.99. The lowest BCUT2D eigenvalue weighted by molar-refractivity contribution is -0.144. The van der Waals surface area contributed by atoms with E-state index in [9.17, 15) is 97.1 Å². The monoisotopic (exact) mass is 1320 g/mol. The number of hydrogen-bond donors (Lipinski definition) is 16. The van der Waals surface area contributed by atoms with E-state index in [0.29, 0.717) is 0 Å². The Morgan fingerprint density at radius 1 is 0.527 bits per heavy atom. The van der Waals surface area contributed by atoms with E-state index < -0.39 is 212 Å². The number of carbonyl (C=O) groups excluding carboxylic acids is 14. The molecule has 1 unspecified atom stereocenters. The number of esters is 1. The number of carboxylic acids is 2. The maximum atomic E-state index is 14.2. The van der Waals surface area contributed by atoms with Crippen LogP contribution in [0, 0.1) is 23.7 Å². The minimum atomic E-state index is -1.82. The second kappa shape index (κ2) is 40.9. The molecule has 1 aliphatic rings. The van der Waals surface area contributed by atoms with Crippen LogP contribution in [-0.4, -0.2) is 213 Å². The maximum Gasteiger partial charge on any atom is 0.330 e. The Balaban J connectivity index is 3.50. The Labute approximate surface area is 539 Å². The number of allylic oxidation sites excluding steroid dienone is 1. The Bertz CT molecular complexity index is 2670. The van der Waals surface area contributed by atoms with Gasteiger partial charge in [0, 0.05) is 32.4 Å². The summed E-state index contributed by atoms with van der Waals surface area (Å²) < 4.78 is 4.55. The lowest BCUT2D eigenvalue weighted by Gasteiger charge is -2.31. The van der Waals surface area contributed by atoms with Crippen LogP contribution >= 0.6 is 0 Å². The topological polar surface area (TPSA) is 539 Å². The molecule has 524 valence electrons. The molecule has 34 heteroatoms. The van der Waals surface area contributed by atoms with Gasteiger partial charge in [-0.05, 0) is 88.4 Å². The van der Waals surface area contributed by atoms with Gasteiger partial charge in [0.2, 0.25) is 76.8 Å². The van der Waals surface area contributed by atoms with Gasteiger partial charge in [0.1, 0.15) is 66.5 Å². The van der Waals surface area contributed by atoms with E-state index in [2.05, 4.69) is 57.9 Å². The van der Waals surface area contributed by atoms with E-state index >= 15 is 0 Å². The van der Waals surface area contributed by atoms with E-state index in [0.717, 1.165) is 25.0 Å². The van der Waals surface area contributed by atoms with Crippen molar-refractivity contribution in [1.29, 1.82) is 0 Å². The van der Waals surface area contributed by atoms with Crippen LogP contribution in [0.4, 0.5) is 0 Å². The van der Waals surface area contributed by atoms with Gasteiger partial charge in [-0.3, -0.25) is 67.1 Å². The molecule has 34 nitrogen and oxygen atoms in total. The highest BCUT2D eigenvalue weighted by Gasteiger charge is 2.42. The highest BCUT2D eigenvalue weighted by molar-refractivity contribution is 6.00. The molecule has 1 aliphatic heterocycles. The minimum Gasteiger partial charge on any atom is -0.481 e. The summed E-state index contributed by atoms with van der Waals surface area (Å²) in [6, 6.07) is -17.1. The summed E-state index contributed by atoms with van der Waals surface area (Å²) in [5, 5.41) is 64.7. The van der Waals surface area contributed by atoms with Crippen molar-refractivity contribution in [3.63, 3.8) is 0 Å². The molecule has 0 saturated carbocycles. The first kappa shape index (κ1) is 82.2. The fourth-order valence-corrected chi connectivity index (χ4v) is 9.64. The van der Waals surface area contributed by atoms with Crippen molar-refractivity contribution in [2.75, 3.05) is 20.3 Å². The minimum absolute atomic E-state index is 0.0315. The van der Waals surface area contributed by atoms with Crippen molar-refractivity contribution < 1.29 is 102 Å². The number of carbonyl (C=O) groups is 16. The first-order valence-electron chi connectivity index (χ1n) is 30.7. The van der Waals surface area contributed by atoms with Crippen LogP contribution in [0.5, 0.6) is 0 Å². The molecule has 1 rings (SSSR count). The number of hydrogen-bond acceptors (Lipinski definition) is 19. The average molecular weight is 1320 g/mol. The lowest BCUT2D eigenvalue weighted by Crippen LogP contribution is -2.62. The van der Waals surface area contributed by atoms with Crippen LogP contribution in [0.25, 0.3) is 0 Å². The molecule has 18 N–H and O–H groups in total. The number of aliphatic hydroxyl groups is 2. The van der Waals surface area contributed by atoms with Crippen LogP contribution in [0.1, 0.15) is 146 Å². The summed E-state index contributed by atoms with van der Waals surface area (Å²) in [5.74, 6) is -17.9. The number of ether oxygens (including phenoxy) is 1. The van der Waals surface area contributed by atoms with Crippen LogP contribution in [-0.2, 0) is 81.4 Å². The first-order chi connectivity index (χ1) is 43.3. The number of amides is 13. The fraction of sp³-hybridized carbons (Fsp3) is 0.695. The molecule has 1 fully saturated rings. The van der Waals surface area contributed by atoms with Crippen LogP contribution < -0.4 is 64.6 Å². The number of aliphatic carboxylic acids is 2. The highest BCUT2D eigenvalue weighted by Crippen LogP contribution is 2.21. The zero-order valence-corrected chi connectivity index (χ0v) is 54.6. The number of carboxylic acid groups (broad SMARTS) is 2. The van der Waals surface area contributed by atoms with Crippen molar-refractivity contribution in [1.82, 2.24) is 58.1 Å². The van der Waals surface area contributed by atoms with Crippen molar-refractivity contribution in [2.45, 2.75) is 219 Å². The predicted molar refractivity (Wildman–Crippen MR) is 329 cm³/mol. The summed E-state index contributed by atoms with van der Waals surface area (Å²) in [6.45, 7) is 14.5. The maximum absolute atomic E-state index is 14.2. The van der Waals surface area contributed by atoms with Gasteiger partial charge in [-0.15, -0.1) is 0 Å².